The molecule has 0 aliphatic heterocycles. The molecule has 0 unspecified atom stereocenters. The van der Waals surface area contributed by atoms with Crippen LogP contribution in [0.2, 0.25) is 0 Å². The summed E-state index contributed by atoms with van der Waals surface area (Å²) in [6.45, 7) is 6.57. The molecule has 19 heavy (non-hydrogen) atoms. The highest BCUT2D eigenvalue weighted by atomic mass is 15.3. The summed E-state index contributed by atoms with van der Waals surface area (Å²) in [5.41, 5.74) is 0. The van der Waals surface area contributed by atoms with E-state index in [1.54, 1.807) is 6.20 Å². The molecule has 0 fully saturated rings. The summed E-state index contributed by atoms with van der Waals surface area (Å²) >= 11 is 0. The highest BCUT2D eigenvalue weighted by Gasteiger charge is 2.00. The van der Waals surface area contributed by atoms with E-state index in [2.05, 4.69) is 32.6 Å². The quantitative estimate of drug-likeness (QED) is 0.744. The Morgan fingerprint density at radius 3 is 2.68 bits per heavy atom. The first-order chi connectivity index (χ1) is 9.28. The van der Waals surface area contributed by atoms with Crippen LogP contribution in [0.5, 0.6) is 0 Å². The summed E-state index contributed by atoms with van der Waals surface area (Å²) < 4.78 is 1.93. The van der Waals surface area contributed by atoms with Gasteiger partial charge in [0.05, 0.1) is 0 Å². The van der Waals surface area contributed by atoms with E-state index in [1.165, 1.54) is 0 Å². The summed E-state index contributed by atoms with van der Waals surface area (Å²) in [5.74, 6) is 2.50. The van der Waals surface area contributed by atoms with E-state index >= 15 is 0 Å². The van der Waals surface area contributed by atoms with Crippen LogP contribution in [0.25, 0.3) is 0 Å². The van der Waals surface area contributed by atoms with E-state index in [1.807, 2.05) is 29.9 Å². The first-order valence-corrected chi connectivity index (χ1v) is 6.59. The Kier molecular flexibility index (Phi) is 4.72. The molecule has 2 aromatic heterocycles. The van der Waals surface area contributed by atoms with Gasteiger partial charge in [0.25, 0.3) is 0 Å². The van der Waals surface area contributed by atoms with Gasteiger partial charge in [-0.15, -0.1) is 0 Å². The normalized spacial score (nSPS) is 10.4. The van der Waals surface area contributed by atoms with E-state index in [-0.39, 0.29) is 0 Å². The van der Waals surface area contributed by atoms with Gasteiger partial charge in [-0.05, 0) is 26.3 Å². The number of hydrogen-bond donors (Lipinski definition) is 2. The lowest BCUT2D eigenvalue weighted by atomic mass is 10.4. The number of aryl methyl sites for hydroxylation is 2. The molecule has 0 saturated carbocycles. The smallest absolute Gasteiger partial charge is 0.131 e. The topological polar surface area (TPSA) is 67.7 Å². The maximum absolute atomic E-state index is 4.37. The monoisotopic (exact) mass is 260 g/mol. The van der Waals surface area contributed by atoms with Gasteiger partial charge in [0, 0.05) is 38.1 Å². The number of aromatic nitrogens is 4. The van der Waals surface area contributed by atoms with Crippen LogP contribution >= 0.6 is 0 Å². The van der Waals surface area contributed by atoms with Gasteiger partial charge in [0.1, 0.15) is 17.5 Å². The molecule has 0 aliphatic rings. The van der Waals surface area contributed by atoms with Crippen molar-refractivity contribution in [3.8, 4) is 0 Å². The van der Waals surface area contributed by atoms with Crippen molar-refractivity contribution in [2.45, 2.75) is 26.8 Å². The molecule has 0 atom stereocenters. The Balaban J connectivity index is 1.81. The zero-order chi connectivity index (χ0) is 13.5. The maximum atomic E-state index is 4.37. The molecule has 102 valence electrons. The van der Waals surface area contributed by atoms with Gasteiger partial charge in [-0.2, -0.15) is 5.10 Å². The first-order valence-electron chi connectivity index (χ1n) is 6.59. The zero-order valence-electron chi connectivity index (χ0n) is 11.4. The lowest BCUT2D eigenvalue weighted by Gasteiger charge is -2.09. The van der Waals surface area contributed by atoms with Gasteiger partial charge in [-0.25, -0.2) is 9.97 Å². The van der Waals surface area contributed by atoms with Crippen molar-refractivity contribution >= 4 is 11.6 Å². The second-order valence-corrected chi connectivity index (χ2v) is 4.27. The van der Waals surface area contributed by atoms with Crippen molar-refractivity contribution in [1.29, 1.82) is 0 Å². The molecule has 2 heterocycles. The number of hydrogen-bond acceptors (Lipinski definition) is 5. The fourth-order valence-electron chi connectivity index (χ4n) is 1.82. The minimum Gasteiger partial charge on any atom is -0.370 e. The third-order valence-corrected chi connectivity index (χ3v) is 2.63. The van der Waals surface area contributed by atoms with E-state index in [0.29, 0.717) is 0 Å². The predicted molar refractivity (Wildman–Crippen MR) is 76.3 cm³/mol. The number of anilines is 2. The van der Waals surface area contributed by atoms with Crippen LogP contribution in [-0.4, -0.2) is 32.8 Å². The van der Waals surface area contributed by atoms with Gasteiger partial charge in [-0.3, -0.25) is 4.68 Å². The van der Waals surface area contributed by atoms with E-state index in [9.17, 15) is 0 Å². The summed E-state index contributed by atoms with van der Waals surface area (Å²) in [6, 6.07) is 3.87. The second kappa shape index (κ2) is 6.72. The molecular formula is C13H20N6. The molecule has 0 radical (unpaired) electrons. The van der Waals surface area contributed by atoms with Gasteiger partial charge >= 0.3 is 0 Å². The largest absolute Gasteiger partial charge is 0.370 e. The Hall–Kier alpha value is -2.11. The molecule has 2 aromatic rings. The molecule has 0 saturated heterocycles. The van der Waals surface area contributed by atoms with Gasteiger partial charge in [0.15, 0.2) is 0 Å². The van der Waals surface area contributed by atoms with Crippen LogP contribution in [0.3, 0.4) is 0 Å². The van der Waals surface area contributed by atoms with E-state index in [4.69, 9.17) is 0 Å². The maximum Gasteiger partial charge on any atom is 0.131 e. The van der Waals surface area contributed by atoms with Crippen LogP contribution in [0.4, 0.5) is 11.6 Å². The second-order valence-electron chi connectivity index (χ2n) is 4.27. The summed E-state index contributed by atoms with van der Waals surface area (Å²) in [7, 11) is 0. The molecule has 2 rings (SSSR count). The van der Waals surface area contributed by atoms with Crippen LogP contribution in [0.1, 0.15) is 19.2 Å². The zero-order valence-corrected chi connectivity index (χ0v) is 11.4. The van der Waals surface area contributed by atoms with Gasteiger partial charge in [0.2, 0.25) is 0 Å². The average Bonchev–Trinajstić information content (AvgIpc) is 2.87. The summed E-state index contributed by atoms with van der Waals surface area (Å²) in [5, 5.41) is 10.7. The summed E-state index contributed by atoms with van der Waals surface area (Å²) in [6.07, 6.45) is 4.77. The predicted octanol–water partition coefficient (Wildman–Crippen LogP) is 1.92. The molecule has 0 amide bonds. The molecule has 0 aromatic carbocycles. The van der Waals surface area contributed by atoms with Crippen LogP contribution < -0.4 is 10.6 Å². The van der Waals surface area contributed by atoms with Crippen molar-refractivity contribution in [2.24, 2.45) is 0 Å². The Morgan fingerprint density at radius 1 is 1.21 bits per heavy atom. The molecular weight excluding hydrogens is 240 g/mol. The standard InChI is InChI=1S/C13H20N6/c1-3-14-12-10-13(18-11(2)17-12)15-6-4-8-19-9-5-7-16-19/h5,7,9-10H,3-4,6,8H2,1-2H3,(H2,14,15,17,18). The average molecular weight is 260 g/mol. The lowest BCUT2D eigenvalue weighted by Crippen LogP contribution is -2.10. The Morgan fingerprint density at radius 2 is 2.00 bits per heavy atom. The van der Waals surface area contributed by atoms with Gasteiger partial charge < -0.3 is 10.6 Å². The van der Waals surface area contributed by atoms with E-state index < -0.39 is 0 Å². The third-order valence-electron chi connectivity index (χ3n) is 2.63. The molecule has 6 nitrogen and oxygen atoms in total. The Labute approximate surface area is 113 Å². The number of rotatable bonds is 7. The lowest BCUT2D eigenvalue weighted by molar-refractivity contribution is 0.591. The minimum absolute atomic E-state index is 0.771. The van der Waals surface area contributed by atoms with Crippen LogP contribution in [0, 0.1) is 6.92 Å². The van der Waals surface area contributed by atoms with Crippen LogP contribution in [0.15, 0.2) is 24.5 Å². The highest BCUT2D eigenvalue weighted by Crippen LogP contribution is 2.10. The van der Waals surface area contributed by atoms with Crippen molar-refractivity contribution in [3.05, 3.63) is 30.4 Å². The fraction of sp³-hybridized carbons (Fsp3) is 0.462. The van der Waals surface area contributed by atoms with E-state index in [0.717, 1.165) is 43.5 Å². The SMILES string of the molecule is CCNc1cc(NCCCn2cccn2)nc(C)n1. The highest BCUT2D eigenvalue weighted by molar-refractivity contribution is 5.47. The minimum atomic E-state index is 0.771. The Bertz CT molecular complexity index is 494. The fourth-order valence-corrected chi connectivity index (χ4v) is 1.82. The van der Waals surface area contributed by atoms with Crippen molar-refractivity contribution in [2.75, 3.05) is 23.7 Å². The first kappa shape index (κ1) is 13.3. The molecule has 0 spiro atoms. The van der Waals surface area contributed by atoms with Gasteiger partial charge in [-0.1, -0.05) is 0 Å². The molecule has 2 N–H and O–H groups in total. The number of nitrogens with zero attached hydrogens (tertiary/aromatic N) is 4. The van der Waals surface area contributed by atoms with Crippen LogP contribution in [-0.2, 0) is 6.54 Å². The molecule has 0 aliphatic carbocycles. The number of nitrogens with one attached hydrogen (secondary N) is 2. The molecule has 0 bridgehead atoms. The van der Waals surface area contributed by atoms with Crippen molar-refractivity contribution in [3.63, 3.8) is 0 Å². The summed E-state index contributed by atoms with van der Waals surface area (Å²) in [4.78, 5) is 8.68. The van der Waals surface area contributed by atoms with Crippen molar-refractivity contribution in [1.82, 2.24) is 19.7 Å². The molecule has 6 heteroatoms. The third kappa shape index (κ3) is 4.24. The van der Waals surface area contributed by atoms with Crippen molar-refractivity contribution < 1.29 is 0 Å².